The molecule has 1 rings (SSSR count). The number of carboxylic acids is 1. The summed E-state index contributed by atoms with van der Waals surface area (Å²) in [5.41, 5.74) is 2.27. The average molecular weight is 278 g/mol. The molecule has 1 aromatic rings. The molecule has 2 amide bonds. The molecule has 1 unspecified atom stereocenters. The van der Waals surface area contributed by atoms with Crippen molar-refractivity contribution < 1.29 is 14.7 Å². The van der Waals surface area contributed by atoms with Gasteiger partial charge < -0.3 is 15.7 Å². The van der Waals surface area contributed by atoms with Crippen LogP contribution in [0.4, 0.5) is 4.79 Å². The van der Waals surface area contributed by atoms with Gasteiger partial charge in [-0.25, -0.2) is 4.79 Å². The van der Waals surface area contributed by atoms with Crippen molar-refractivity contribution in [3.8, 4) is 0 Å². The molecular formula is C15H22N2O3. The van der Waals surface area contributed by atoms with Crippen LogP contribution in [0.2, 0.25) is 0 Å². The van der Waals surface area contributed by atoms with Gasteiger partial charge in [0.05, 0.1) is 5.92 Å². The topological polar surface area (TPSA) is 78.4 Å². The van der Waals surface area contributed by atoms with Crippen LogP contribution < -0.4 is 10.6 Å². The van der Waals surface area contributed by atoms with Gasteiger partial charge in [-0.1, -0.05) is 38.1 Å². The lowest BCUT2D eigenvalue weighted by molar-refractivity contribution is -0.141. The molecule has 0 aliphatic rings. The number of carbonyl (C=O) groups is 2. The maximum atomic E-state index is 11.6. The first-order chi connectivity index (χ1) is 9.56. The van der Waals surface area contributed by atoms with Gasteiger partial charge in [0.1, 0.15) is 0 Å². The van der Waals surface area contributed by atoms with E-state index in [-0.39, 0.29) is 12.6 Å². The number of carboxylic acid groups (broad SMARTS) is 1. The van der Waals surface area contributed by atoms with Gasteiger partial charge in [-0.2, -0.15) is 0 Å². The predicted octanol–water partition coefficient (Wildman–Crippen LogP) is 2.16. The van der Waals surface area contributed by atoms with Crippen molar-refractivity contribution in [2.45, 2.75) is 33.2 Å². The molecule has 5 nitrogen and oxygen atoms in total. The minimum atomic E-state index is -0.886. The molecule has 0 aliphatic carbocycles. The van der Waals surface area contributed by atoms with E-state index in [1.807, 2.05) is 24.3 Å². The number of carbonyl (C=O) groups excluding carboxylic acids is 1. The van der Waals surface area contributed by atoms with Gasteiger partial charge in [-0.3, -0.25) is 4.79 Å². The van der Waals surface area contributed by atoms with E-state index in [1.54, 1.807) is 6.92 Å². The first kappa shape index (κ1) is 16.0. The van der Waals surface area contributed by atoms with Gasteiger partial charge >= 0.3 is 12.0 Å². The molecule has 0 radical (unpaired) electrons. The van der Waals surface area contributed by atoms with E-state index < -0.39 is 11.9 Å². The Hall–Kier alpha value is -2.04. The Morgan fingerprint density at radius 1 is 1.10 bits per heavy atom. The van der Waals surface area contributed by atoms with Crippen molar-refractivity contribution in [1.82, 2.24) is 10.6 Å². The second-order valence-electron chi connectivity index (χ2n) is 4.68. The van der Waals surface area contributed by atoms with E-state index >= 15 is 0 Å². The molecule has 1 aromatic carbocycles. The standard InChI is InChI=1S/C15H22N2O3/c1-3-11-5-7-12(8-6-11)9-16-15(20)17-10-13(4-2)14(18)19/h5-8,13H,3-4,9-10H2,1-2H3,(H,18,19)(H2,16,17,20). The Morgan fingerprint density at radius 3 is 2.20 bits per heavy atom. The van der Waals surface area contributed by atoms with Gasteiger partial charge in [0.2, 0.25) is 0 Å². The molecule has 3 N–H and O–H groups in total. The first-order valence-corrected chi connectivity index (χ1v) is 6.89. The quantitative estimate of drug-likeness (QED) is 0.715. The highest BCUT2D eigenvalue weighted by atomic mass is 16.4. The van der Waals surface area contributed by atoms with Crippen LogP contribution in [-0.4, -0.2) is 23.7 Å². The van der Waals surface area contributed by atoms with Crippen molar-refractivity contribution in [3.05, 3.63) is 35.4 Å². The molecule has 110 valence electrons. The molecule has 5 heteroatoms. The fourth-order valence-electron chi connectivity index (χ4n) is 1.76. The third-order valence-corrected chi connectivity index (χ3v) is 3.24. The summed E-state index contributed by atoms with van der Waals surface area (Å²) in [5.74, 6) is -1.42. The molecule has 20 heavy (non-hydrogen) atoms. The van der Waals surface area contributed by atoms with Crippen LogP contribution in [0.15, 0.2) is 24.3 Å². The molecule has 0 aromatic heterocycles. The molecule has 0 fully saturated rings. The van der Waals surface area contributed by atoms with E-state index in [4.69, 9.17) is 5.11 Å². The Kier molecular flexibility index (Phi) is 6.56. The lowest BCUT2D eigenvalue weighted by Gasteiger charge is -2.12. The Labute approximate surface area is 119 Å². The van der Waals surface area contributed by atoms with E-state index in [9.17, 15) is 9.59 Å². The van der Waals surface area contributed by atoms with Crippen LogP contribution >= 0.6 is 0 Å². The van der Waals surface area contributed by atoms with Gasteiger partial charge in [0.25, 0.3) is 0 Å². The van der Waals surface area contributed by atoms with Gasteiger partial charge in [-0.15, -0.1) is 0 Å². The molecule has 0 heterocycles. The number of benzene rings is 1. The van der Waals surface area contributed by atoms with Crippen LogP contribution in [0.5, 0.6) is 0 Å². The monoisotopic (exact) mass is 278 g/mol. The van der Waals surface area contributed by atoms with Crippen molar-refractivity contribution >= 4 is 12.0 Å². The number of rotatable bonds is 7. The smallest absolute Gasteiger partial charge is 0.315 e. The number of nitrogens with one attached hydrogen (secondary N) is 2. The fourth-order valence-corrected chi connectivity index (χ4v) is 1.76. The zero-order chi connectivity index (χ0) is 15.0. The van der Waals surface area contributed by atoms with Crippen LogP contribution in [-0.2, 0) is 17.8 Å². The molecule has 0 bridgehead atoms. The van der Waals surface area contributed by atoms with E-state index in [2.05, 4.69) is 17.6 Å². The van der Waals surface area contributed by atoms with Crippen LogP contribution in [0.1, 0.15) is 31.4 Å². The third kappa shape index (κ3) is 5.30. The highest BCUT2D eigenvalue weighted by Gasteiger charge is 2.15. The van der Waals surface area contributed by atoms with E-state index in [0.29, 0.717) is 13.0 Å². The van der Waals surface area contributed by atoms with Crippen molar-refractivity contribution in [3.63, 3.8) is 0 Å². The van der Waals surface area contributed by atoms with Crippen molar-refractivity contribution in [2.24, 2.45) is 5.92 Å². The lowest BCUT2D eigenvalue weighted by atomic mass is 10.1. The Bertz CT molecular complexity index is 443. The molecule has 0 aliphatic heterocycles. The lowest BCUT2D eigenvalue weighted by Crippen LogP contribution is -2.39. The molecule has 1 atom stereocenters. The maximum absolute atomic E-state index is 11.6. The highest BCUT2D eigenvalue weighted by Crippen LogP contribution is 2.04. The summed E-state index contributed by atoms with van der Waals surface area (Å²) in [6.45, 7) is 4.45. The molecular weight excluding hydrogens is 256 g/mol. The van der Waals surface area contributed by atoms with Gasteiger partial charge in [0.15, 0.2) is 0 Å². The van der Waals surface area contributed by atoms with E-state index in [1.165, 1.54) is 5.56 Å². The normalized spacial score (nSPS) is 11.7. The summed E-state index contributed by atoms with van der Waals surface area (Å²) < 4.78 is 0. The predicted molar refractivity (Wildman–Crippen MR) is 77.5 cm³/mol. The van der Waals surface area contributed by atoms with Crippen LogP contribution in [0.25, 0.3) is 0 Å². The number of aliphatic carboxylic acids is 1. The summed E-state index contributed by atoms with van der Waals surface area (Å²) in [6.07, 6.45) is 1.48. The summed E-state index contributed by atoms with van der Waals surface area (Å²) >= 11 is 0. The minimum absolute atomic E-state index is 0.145. The largest absolute Gasteiger partial charge is 0.481 e. The number of urea groups is 1. The van der Waals surface area contributed by atoms with Crippen LogP contribution in [0, 0.1) is 5.92 Å². The van der Waals surface area contributed by atoms with Crippen molar-refractivity contribution in [1.29, 1.82) is 0 Å². The fraction of sp³-hybridized carbons (Fsp3) is 0.467. The second-order valence-corrected chi connectivity index (χ2v) is 4.68. The maximum Gasteiger partial charge on any atom is 0.315 e. The highest BCUT2D eigenvalue weighted by molar-refractivity contribution is 5.75. The zero-order valence-electron chi connectivity index (χ0n) is 12.0. The van der Waals surface area contributed by atoms with Gasteiger partial charge in [-0.05, 0) is 24.0 Å². The first-order valence-electron chi connectivity index (χ1n) is 6.89. The van der Waals surface area contributed by atoms with E-state index in [0.717, 1.165) is 12.0 Å². The third-order valence-electron chi connectivity index (χ3n) is 3.24. The number of amides is 2. The summed E-state index contributed by atoms with van der Waals surface area (Å²) in [6, 6.07) is 7.68. The summed E-state index contributed by atoms with van der Waals surface area (Å²) in [7, 11) is 0. The Balaban J connectivity index is 2.33. The molecule has 0 saturated carbocycles. The Morgan fingerprint density at radius 2 is 1.70 bits per heavy atom. The second kappa shape index (κ2) is 8.19. The number of hydrogen-bond acceptors (Lipinski definition) is 2. The summed E-state index contributed by atoms with van der Waals surface area (Å²) in [4.78, 5) is 22.4. The minimum Gasteiger partial charge on any atom is -0.481 e. The number of hydrogen-bond donors (Lipinski definition) is 3. The average Bonchev–Trinajstić information content (AvgIpc) is 2.46. The summed E-state index contributed by atoms with van der Waals surface area (Å²) in [5, 5.41) is 14.2. The molecule has 0 saturated heterocycles. The van der Waals surface area contributed by atoms with Crippen molar-refractivity contribution in [2.75, 3.05) is 6.54 Å². The number of aryl methyl sites for hydroxylation is 1. The molecule has 0 spiro atoms. The van der Waals surface area contributed by atoms with Gasteiger partial charge in [0, 0.05) is 13.1 Å². The SMILES string of the molecule is CCc1ccc(CNC(=O)NCC(CC)C(=O)O)cc1. The zero-order valence-corrected chi connectivity index (χ0v) is 12.0. The van der Waals surface area contributed by atoms with Crippen LogP contribution in [0.3, 0.4) is 0 Å².